The van der Waals surface area contributed by atoms with Crippen LogP contribution in [0.15, 0.2) is 60.7 Å². The summed E-state index contributed by atoms with van der Waals surface area (Å²) in [4.78, 5) is 10.2. The number of ether oxygens (including phenoxy) is 1. The van der Waals surface area contributed by atoms with Crippen LogP contribution >= 0.6 is 23.2 Å². The van der Waals surface area contributed by atoms with Gasteiger partial charge in [-0.2, -0.15) is 5.26 Å². The summed E-state index contributed by atoms with van der Waals surface area (Å²) < 4.78 is 19.6. The predicted molar refractivity (Wildman–Crippen MR) is 114 cm³/mol. The van der Waals surface area contributed by atoms with E-state index in [0.29, 0.717) is 11.1 Å². The van der Waals surface area contributed by atoms with Crippen LogP contribution in [0.3, 0.4) is 0 Å². The van der Waals surface area contributed by atoms with Crippen molar-refractivity contribution in [1.82, 2.24) is 0 Å². The predicted octanol–water partition coefficient (Wildman–Crippen LogP) is 6.68. The minimum absolute atomic E-state index is 0.0193. The first-order valence-electron chi connectivity index (χ1n) is 8.61. The van der Waals surface area contributed by atoms with Crippen LogP contribution in [0.1, 0.15) is 16.7 Å². The number of non-ortho nitro benzene ring substituents is 1. The maximum Gasteiger partial charge on any atom is 0.269 e. The van der Waals surface area contributed by atoms with Crippen LogP contribution in [0.2, 0.25) is 10.0 Å². The molecule has 0 bridgehead atoms. The Morgan fingerprint density at radius 3 is 2.33 bits per heavy atom. The molecule has 3 aromatic carbocycles. The van der Waals surface area contributed by atoms with Gasteiger partial charge in [-0.3, -0.25) is 10.1 Å². The average Bonchev–Trinajstić information content (AvgIpc) is 2.72. The maximum atomic E-state index is 14.0. The SMILES string of the molecule is N#C/C(=C/c1cc(Cl)c(OCc2ccc([N+](=O)[O-])cc2)c(Cl)c1)c1ccccc1F. The summed E-state index contributed by atoms with van der Waals surface area (Å²) in [7, 11) is 0. The number of nitro groups is 1. The molecule has 0 saturated heterocycles. The molecule has 0 aromatic heterocycles. The van der Waals surface area contributed by atoms with Crippen LogP contribution in [0, 0.1) is 27.3 Å². The monoisotopic (exact) mass is 442 g/mol. The first-order chi connectivity index (χ1) is 14.4. The lowest BCUT2D eigenvalue weighted by atomic mass is 10.0. The van der Waals surface area contributed by atoms with Crippen LogP contribution in [0.25, 0.3) is 11.6 Å². The molecule has 150 valence electrons. The third-order valence-corrected chi connectivity index (χ3v) is 4.71. The molecule has 8 heteroatoms. The van der Waals surface area contributed by atoms with Gasteiger partial charge in [0.15, 0.2) is 5.75 Å². The molecule has 0 amide bonds. The molecule has 3 aromatic rings. The smallest absolute Gasteiger partial charge is 0.269 e. The summed E-state index contributed by atoms with van der Waals surface area (Å²) in [5.41, 5.74) is 1.48. The van der Waals surface area contributed by atoms with E-state index in [-0.39, 0.29) is 39.2 Å². The molecule has 0 radical (unpaired) electrons. The molecular weight excluding hydrogens is 430 g/mol. The van der Waals surface area contributed by atoms with Gasteiger partial charge in [0.25, 0.3) is 5.69 Å². The van der Waals surface area contributed by atoms with E-state index in [1.165, 1.54) is 30.3 Å². The molecule has 0 aliphatic carbocycles. The number of nitro benzene ring substituents is 1. The van der Waals surface area contributed by atoms with E-state index in [1.54, 1.807) is 36.4 Å². The van der Waals surface area contributed by atoms with Crippen molar-refractivity contribution in [3.05, 3.63) is 103 Å². The van der Waals surface area contributed by atoms with Gasteiger partial charge in [0.05, 0.1) is 26.6 Å². The normalized spacial score (nSPS) is 11.1. The molecular formula is C22H13Cl2FN2O3. The highest BCUT2D eigenvalue weighted by Gasteiger charge is 2.12. The lowest BCUT2D eigenvalue weighted by molar-refractivity contribution is -0.384. The maximum absolute atomic E-state index is 14.0. The number of nitriles is 1. The van der Waals surface area contributed by atoms with Gasteiger partial charge in [-0.1, -0.05) is 41.4 Å². The highest BCUT2D eigenvalue weighted by Crippen LogP contribution is 2.36. The molecule has 5 nitrogen and oxygen atoms in total. The zero-order chi connectivity index (χ0) is 21.7. The van der Waals surface area contributed by atoms with Crippen molar-refractivity contribution in [2.75, 3.05) is 0 Å². The minimum Gasteiger partial charge on any atom is -0.486 e. The Bertz CT molecular complexity index is 1150. The molecule has 0 atom stereocenters. The van der Waals surface area contributed by atoms with Crippen molar-refractivity contribution in [3.63, 3.8) is 0 Å². The Kier molecular flexibility index (Phi) is 6.68. The summed E-state index contributed by atoms with van der Waals surface area (Å²) in [5.74, 6) is -0.274. The molecule has 0 unspecified atom stereocenters. The van der Waals surface area contributed by atoms with Crippen LogP contribution in [-0.2, 0) is 6.61 Å². The number of halogens is 3. The summed E-state index contributed by atoms with van der Waals surface area (Å²) in [6.45, 7) is 0.102. The van der Waals surface area contributed by atoms with Crippen LogP contribution in [-0.4, -0.2) is 4.92 Å². The fourth-order valence-electron chi connectivity index (χ4n) is 2.69. The largest absolute Gasteiger partial charge is 0.486 e. The van der Waals surface area contributed by atoms with Crippen molar-refractivity contribution < 1.29 is 14.1 Å². The standard InChI is InChI=1S/C22H13Cl2FN2O3/c23-19-10-15(9-16(12-26)18-3-1-2-4-21(18)25)11-20(24)22(19)30-13-14-5-7-17(8-6-14)27(28)29/h1-11H,13H2/b16-9-. The van der Waals surface area contributed by atoms with Crippen molar-refractivity contribution >= 4 is 40.5 Å². The summed E-state index contributed by atoms with van der Waals surface area (Å²) in [6, 6.07) is 16.9. The highest BCUT2D eigenvalue weighted by atomic mass is 35.5. The Labute approximate surface area is 181 Å². The van der Waals surface area contributed by atoms with Crippen LogP contribution in [0.5, 0.6) is 5.75 Å². The Morgan fingerprint density at radius 2 is 1.77 bits per heavy atom. The Hall–Kier alpha value is -3.40. The molecule has 0 spiro atoms. The summed E-state index contributed by atoms with van der Waals surface area (Å²) >= 11 is 12.6. The van der Waals surface area contributed by atoms with E-state index < -0.39 is 10.7 Å². The second-order valence-corrected chi connectivity index (χ2v) is 6.99. The minimum atomic E-state index is -0.509. The molecule has 0 heterocycles. The molecule has 0 saturated carbocycles. The first-order valence-corrected chi connectivity index (χ1v) is 9.36. The van der Waals surface area contributed by atoms with Crippen molar-refractivity contribution in [2.45, 2.75) is 6.61 Å². The number of hydrogen-bond donors (Lipinski definition) is 0. The van der Waals surface area contributed by atoms with Gasteiger partial charge in [-0.15, -0.1) is 0 Å². The fraction of sp³-hybridized carbons (Fsp3) is 0.0455. The van der Waals surface area contributed by atoms with E-state index in [1.807, 2.05) is 6.07 Å². The topological polar surface area (TPSA) is 76.2 Å². The average molecular weight is 443 g/mol. The van der Waals surface area contributed by atoms with Crippen molar-refractivity contribution in [2.24, 2.45) is 0 Å². The Morgan fingerprint density at radius 1 is 1.13 bits per heavy atom. The Balaban J connectivity index is 1.82. The van der Waals surface area contributed by atoms with E-state index in [9.17, 15) is 19.8 Å². The summed E-state index contributed by atoms with van der Waals surface area (Å²) in [6.07, 6.45) is 1.48. The van der Waals surface area contributed by atoms with Gasteiger partial charge in [0, 0.05) is 17.7 Å². The van der Waals surface area contributed by atoms with E-state index in [2.05, 4.69) is 0 Å². The molecule has 30 heavy (non-hydrogen) atoms. The van der Waals surface area contributed by atoms with Gasteiger partial charge in [-0.05, 0) is 47.5 Å². The zero-order valence-electron chi connectivity index (χ0n) is 15.3. The van der Waals surface area contributed by atoms with Gasteiger partial charge in [0.2, 0.25) is 0 Å². The number of rotatable bonds is 6. The lowest BCUT2D eigenvalue weighted by Gasteiger charge is -2.11. The van der Waals surface area contributed by atoms with Gasteiger partial charge < -0.3 is 4.74 Å². The molecule has 0 aliphatic rings. The number of benzene rings is 3. The third-order valence-electron chi connectivity index (χ3n) is 4.15. The van der Waals surface area contributed by atoms with Crippen molar-refractivity contribution in [3.8, 4) is 11.8 Å². The van der Waals surface area contributed by atoms with Crippen LogP contribution < -0.4 is 4.74 Å². The van der Waals surface area contributed by atoms with E-state index in [0.717, 1.165) is 0 Å². The third kappa shape index (κ3) is 4.95. The zero-order valence-corrected chi connectivity index (χ0v) is 16.8. The number of hydrogen-bond acceptors (Lipinski definition) is 4. The van der Waals surface area contributed by atoms with Crippen LogP contribution in [0.4, 0.5) is 10.1 Å². The van der Waals surface area contributed by atoms with E-state index in [4.69, 9.17) is 27.9 Å². The second kappa shape index (κ2) is 9.40. The molecule has 3 rings (SSSR count). The van der Waals surface area contributed by atoms with E-state index >= 15 is 0 Å². The fourth-order valence-corrected chi connectivity index (χ4v) is 3.30. The number of nitrogens with zero attached hydrogens (tertiary/aromatic N) is 2. The van der Waals surface area contributed by atoms with Gasteiger partial charge in [-0.25, -0.2) is 4.39 Å². The quantitative estimate of drug-likeness (QED) is 0.184. The van der Waals surface area contributed by atoms with Gasteiger partial charge >= 0.3 is 0 Å². The summed E-state index contributed by atoms with van der Waals surface area (Å²) in [5, 5.41) is 20.5. The highest BCUT2D eigenvalue weighted by molar-refractivity contribution is 6.37. The molecule has 0 aliphatic heterocycles. The first kappa shape index (κ1) is 21.3. The number of allylic oxidation sites excluding steroid dienone is 1. The second-order valence-electron chi connectivity index (χ2n) is 6.18. The van der Waals surface area contributed by atoms with Gasteiger partial charge in [0.1, 0.15) is 12.4 Å². The van der Waals surface area contributed by atoms with Crippen molar-refractivity contribution in [1.29, 1.82) is 5.26 Å². The molecule has 0 N–H and O–H groups in total. The molecule has 0 fully saturated rings. The lowest BCUT2D eigenvalue weighted by Crippen LogP contribution is -1.98.